The summed E-state index contributed by atoms with van der Waals surface area (Å²) in [7, 11) is 2.01. The Bertz CT molecular complexity index is 135. The van der Waals surface area contributed by atoms with Gasteiger partial charge in [0.25, 0.3) is 0 Å². The molecule has 0 bridgehead atoms. The summed E-state index contributed by atoms with van der Waals surface area (Å²) in [5, 5.41) is 3.16. The number of rotatable bonds is 5. The highest BCUT2D eigenvalue weighted by molar-refractivity contribution is 5.17. The summed E-state index contributed by atoms with van der Waals surface area (Å²) in [4.78, 5) is 0. The Balaban J connectivity index is 1.95. The second kappa shape index (κ2) is 5.14. The number of hydrogen-bond acceptors (Lipinski definition) is 1. The van der Waals surface area contributed by atoms with Gasteiger partial charge in [0, 0.05) is 0 Å². The molecular weight excluding hydrogens is 134 g/mol. The first-order valence-corrected chi connectivity index (χ1v) is 4.43. The van der Waals surface area contributed by atoms with E-state index < -0.39 is 0 Å². The predicted molar refractivity (Wildman–Crippen MR) is 49.5 cm³/mol. The first-order chi connectivity index (χ1) is 5.43. The largest absolute Gasteiger partial charge is 0.320 e. The van der Waals surface area contributed by atoms with Crippen molar-refractivity contribution < 1.29 is 0 Å². The van der Waals surface area contributed by atoms with Crippen molar-refractivity contribution >= 4 is 0 Å². The molecule has 0 fully saturated rings. The fourth-order valence-electron chi connectivity index (χ4n) is 1.35. The third-order valence-electron chi connectivity index (χ3n) is 2.04. The lowest BCUT2D eigenvalue weighted by molar-refractivity contribution is 0.602. The molecule has 62 valence electrons. The predicted octanol–water partition coefficient (Wildman–Crippen LogP) is 2.12. The Morgan fingerprint density at radius 2 is 1.91 bits per heavy atom. The van der Waals surface area contributed by atoms with Crippen molar-refractivity contribution in [2.75, 3.05) is 13.6 Å². The normalized spacial score (nSPS) is 16.5. The zero-order chi connectivity index (χ0) is 7.94. The molecule has 1 aliphatic carbocycles. The van der Waals surface area contributed by atoms with Gasteiger partial charge in [0.05, 0.1) is 0 Å². The van der Waals surface area contributed by atoms with E-state index in [0.29, 0.717) is 0 Å². The van der Waals surface area contributed by atoms with E-state index in [1.54, 1.807) is 0 Å². The van der Waals surface area contributed by atoms with Crippen LogP contribution in [0.15, 0.2) is 24.3 Å². The van der Waals surface area contributed by atoms with Crippen LogP contribution in [0.2, 0.25) is 0 Å². The molecule has 1 nitrogen and oxygen atoms in total. The van der Waals surface area contributed by atoms with Gasteiger partial charge in [-0.2, -0.15) is 0 Å². The summed E-state index contributed by atoms with van der Waals surface area (Å²) < 4.78 is 0. The summed E-state index contributed by atoms with van der Waals surface area (Å²) in [6.07, 6.45) is 12.8. The first kappa shape index (κ1) is 8.54. The van der Waals surface area contributed by atoms with Gasteiger partial charge in [0.15, 0.2) is 0 Å². The van der Waals surface area contributed by atoms with Crippen molar-refractivity contribution in [2.24, 2.45) is 5.92 Å². The second-order valence-electron chi connectivity index (χ2n) is 3.03. The Kier molecular flexibility index (Phi) is 3.99. The Morgan fingerprint density at radius 3 is 2.55 bits per heavy atom. The highest BCUT2D eigenvalue weighted by Gasteiger charge is 2.01. The maximum atomic E-state index is 3.16. The van der Waals surface area contributed by atoms with E-state index >= 15 is 0 Å². The van der Waals surface area contributed by atoms with Gasteiger partial charge in [0.2, 0.25) is 0 Å². The Morgan fingerprint density at radius 1 is 1.18 bits per heavy atom. The SMILES string of the molecule is CNCCCCC1C=CC=C1. The number of allylic oxidation sites excluding steroid dienone is 4. The maximum Gasteiger partial charge on any atom is -0.00473 e. The molecule has 0 aliphatic heterocycles. The van der Waals surface area contributed by atoms with Crippen LogP contribution in [-0.4, -0.2) is 13.6 Å². The van der Waals surface area contributed by atoms with E-state index in [-0.39, 0.29) is 0 Å². The van der Waals surface area contributed by atoms with E-state index in [1.165, 1.54) is 19.3 Å². The van der Waals surface area contributed by atoms with Crippen LogP contribution >= 0.6 is 0 Å². The molecule has 1 N–H and O–H groups in total. The molecule has 0 aromatic rings. The van der Waals surface area contributed by atoms with Crippen molar-refractivity contribution in [3.63, 3.8) is 0 Å². The Hall–Kier alpha value is -0.560. The topological polar surface area (TPSA) is 12.0 Å². The monoisotopic (exact) mass is 151 g/mol. The van der Waals surface area contributed by atoms with Crippen LogP contribution in [0.3, 0.4) is 0 Å². The average Bonchev–Trinajstić information content (AvgIpc) is 2.50. The van der Waals surface area contributed by atoms with E-state index in [9.17, 15) is 0 Å². The van der Waals surface area contributed by atoms with Crippen LogP contribution in [0.1, 0.15) is 19.3 Å². The highest BCUT2D eigenvalue weighted by Crippen LogP contribution is 2.15. The molecule has 1 aliphatic rings. The highest BCUT2D eigenvalue weighted by atomic mass is 14.8. The quantitative estimate of drug-likeness (QED) is 0.593. The zero-order valence-electron chi connectivity index (χ0n) is 7.22. The molecule has 11 heavy (non-hydrogen) atoms. The molecule has 0 saturated heterocycles. The molecule has 0 radical (unpaired) electrons. The summed E-state index contributed by atoms with van der Waals surface area (Å²) in [5.41, 5.74) is 0. The van der Waals surface area contributed by atoms with Crippen LogP contribution in [0, 0.1) is 5.92 Å². The van der Waals surface area contributed by atoms with E-state index in [2.05, 4.69) is 29.6 Å². The zero-order valence-corrected chi connectivity index (χ0v) is 7.22. The number of unbranched alkanes of at least 4 members (excludes halogenated alkanes) is 1. The lowest BCUT2D eigenvalue weighted by Gasteiger charge is -2.03. The minimum absolute atomic E-state index is 0.729. The molecular formula is C10H17N. The molecule has 0 saturated carbocycles. The summed E-state index contributed by atoms with van der Waals surface area (Å²) >= 11 is 0. The van der Waals surface area contributed by atoms with Gasteiger partial charge in [0.1, 0.15) is 0 Å². The van der Waals surface area contributed by atoms with Gasteiger partial charge in [-0.3, -0.25) is 0 Å². The number of nitrogens with one attached hydrogen (secondary N) is 1. The molecule has 0 aromatic heterocycles. The van der Waals surface area contributed by atoms with Crippen molar-refractivity contribution in [3.8, 4) is 0 Å². The van der Waals surface area contributed by atoms with E-state index in [0.717, 1.165) is 12.5 Å². The molecule has 0 atom stereocenters. The molecule has 0 unspecified atom stereocenters. The second-order valence-corrected chi connectivity index (χ2v) is 3.03. The number of hydrogen-bond donors (Lipinski definition) is 1. The van der Waals surface area contributed by atoms with E-state index in [4.69, 9.17) is 0 Å². The fourth-order valence-corrected chi connectivity index (χ4v) is 1.35. The molecule has 1 heteroatoms. The summed E-state index contributed by atoms with van der Waals surface area (Å²) in [5.74, 6) is 0.729. The summed E-state index contributed by atoms with van der Waals surface area (Å²) in [6, 6.07) is 0. The smallest absolute Gasteiger partial charge is 0.00473 e. The first-order valence-electron chi connectivity index (χ1n) is 4.43. The molecule has 0 amide bonds. The Labute approximate surface area is 69.2 Å². The van der Waals surface area contributed by atoms with Crippen LogP contribution in [0.5, 0.6) is 0 Å². The van der Waals surface area contributed by atoms with Gasteiger partial charge in [-0.25, -0.2) is 0 Å². The van der Waals surface area contributed by atoms with Crippen molar-refractivity contribution in [1.82, 2.24) is 5.32 Å². The summed E-state index contributed by atoms with van der Waals surface area (Å²) in [6.45, 7) is 1.15. The van der Waals surface area contributed by atoms with Crippen molar-refractivity contribution in [2.45, 2.75) is 19.3 Å². The van der Waals surface area contributed by atoms with Crippen LogP contribution < -0.4 is 5.32 Å². The average molecular weight is 151 g/mol. The molecule has 0 heterocycles. The van der Waals surface area contributed by atoms with Crippen LogP contribution in [0.4, 0.5) is 0 Å². The minimum atomic E-state index is 0.729. The lowest BCUT2D eigenvalue weighted by Crippen LogP contribution is -2.07. The van der Waals surface area contributed by atoms with Crippen LogP contribution in [-0.2, 0) is 0 Å². The van der Waals surface area contributed by atoms with Gasteiger partial charge in [-0.1, -0.05) is 30.7 Å². The van der Waals surface area contributed by atoms with Crippen LogP contribution in [0.25, 0.3) is 0 Å². The standard InChI is InChI=1S/C10H17N/c1-11-9-5-4-8-10-6-2-3-7-10/h2-3,6-7,10-11H,4-5,8-9H2,1H3. The van der Waals surface area contributed by atoms with Crippen molar-refractivity contribution in [1.29, 1.82) is 0 Å². The van der Waals surface area contributed by atoms with E-state index in [1.807, 2.05) is 7.05 Å². The van der Waals surface area contributed by atoms with Gasteiger partial charge in [-0.05, 0) is 32.4 Å². The van der Waals surface area contributed by atoms with Gasteiger partial charge >= 0.3 is 0 Å². The maximum absolute atomic E-state index is 3.16. The third kappa shape index (κ3) is 3.38. The molecule has 1 rings (SSSR count). The third-order valence-corrected chi connectivity index (χ3v) is 2.04. The molecule has 0 aromatic carbocycles. The van der Waals surface area contributed by atoms with Crippen molar-refractivity contribution in [3.05, 3.63) is 24.3 Å². The lowest BCUT2D eigenvalue weighted by atomic mass is 10.0. The minimum Gasteiger partial charge on any atom is -0.320 e. The van der Waals surface area contributed by atoms with Gasteiger partial charge < -0.3 is 5.32 Å². The van der Waals surface area contributed by atoms with Gasteiger partial charge in [-0.15, -0.1) is 0 Å². The molecule has 0 spiro atoms. The fraction of sp³-hybridized carbons (Fsp3) is 0.600.